The summed E-state index contributed by atoms with van der Waals surface area (Å²) in [6.45, 7) is 4.46. The molecule has 0 atom stereocenters. The number of aromatic nitrogens is 4. The van der Waals surface area contributed by atoms with E-state index in [0.717, 1.165) is 27.8 Å². The predicted molar refractivity (Wildman–Crippen MR) is 130 cm³/mol. The number of hydrogen-bond donors (Lipinski definition) is 1. The van der Waals surface area contributed by atoms with Crippen LogP contribution >= 0.6 is 0 Å². The van der Waals surface area contributed by atoms with Crippen molar-refractivity contribution in [2.45, 2.75) is 13.5 Å². The Hall–Kier alpha value is -3.69. The van der Waals surface area contributed by atoms with E-state index in [-0.39, 0.29) is 0 Å². The fraction of sp³-hybridized carbons (Fsp3) is 0.320. The number of nitrogens with one attached hydrogen (secondary N) is 1. The first-order valence-corrected chi connectivity index (χ1v) is 11.1. The number of rotatable bonds is 12. The van der Waals surface area contributed by atoms with E-state index in [0.29, 0.717) is 50.3 Å². The van der Waals surface area contributed by atoms with Crippen molar-refractivity contribution in [3.05, 3.63) is 66.1 Å². The van der Waals surface area contributed by atoms with Crippen LogP contribution in [0.1, 0.15) is 11.1 Å². The molecule has 9 heteroatoms. The number of nitrogens with zero attached hydrogens (tertiary/aromatic N) is 4. The topological polar surface area (TPSA) is 92.6 Å². The molecule has 0 aliphatic heterocycles. The van der Waals surface area contributed by atoms with Crippen molar-refractivity contribution in [2.24, 2.45) is 0 Å². The molecule has 2 aromatic heterocycles. The van der Waals surface area contributed by atoms with Crippen LogP contribution in [-0.2, 0) is 16.0 Å². The van der Waals surface area contributed by atoms with Crippen LogP contribution in [-0.4, -0.2) is 60.4 Å². The number of hydrogen-bond acceptors (Lipinski definition) is 8. The van der Waals surface area contributed by atoms with Crippen LogP contribution in [0.4, 0.5) is 5.82 Å². The van der Waals surface area contributed by atoms with Crippen molar-refractivity contribution in [3.63, 3.8) is 0 Å². The first-order valence-electron chi connectivity index (χ1n) is 11.1. The van der Waals surface area contributed by atoms with Gasteiger partial charge in [-0.15, -0.1) is 0 Å². The molecule has 4 aromatic rings. The highest BCUT2D eigenvalue weighted by Crippen LogP contribution is 2.29. The van der Waals surface area contributed by atoms with Crippen molar-refractivity contribution in [2.75, 3.05) is 46.0 Å². The van der Waals surface area contributed by atoms with E-state index in [1.165, 1.54) is 0 Å². The third-order valence-electron chi connectivity index (χ3n) is 5.17. The Morgan fingerprint density at radius 1 is 0.882 bits per heavy atom. The minimum atomic E-state index is 0.429. The molecule has 4 rings (SSSR count). The molecule has 2 aromatic carbocycles. The Kier molecular flexibility index (Phi) is 7.90. The molecule has 0 unspecified atom stereocenters. The van der Waals surface area contributed by atoms with E-state index < -0.39 is 0 Å². The quantitative estimate of drug-likeness (QED) is 0.317. The fourth-order valence-corrected chi connectivity index (χ4v) is 3.48. The SMILES string of the molecule is COCCOc1ccc(CNc2ncnc3c2cnn3-c2cccc(C)c2)cc1OCCOC. The monoisotopic (exact) mass is 463 g/mol. The number of methoxy groups -OCH3 is 2. The standard InChI is InChI=1S/C25H29N5O4/c1-18-5-4-6-20(13-18)30-25-21(16-29-30)24(27-17-28-25)26-15-19-7-8-22(33-11-9-31-2)23(14-19)34-12-10-32-3/h4-8,13-14,16-17H,9-12,15H2,1-3H3,(H,26,27,28). The lowest BCUT2D eigenvalue weighted by atomic mass is 10.2. The first-order chi connectivity index (χ1) is 16.7. The second-order valence-corrected chi connectivity index (χ2v) is 7.67. The smallest absolute Gasteiger partial charge is 0.168 e. The van der Waals surface area contributed by atoms with E-state index in [4.69, 9.17) is 18.9 Å². The van der Waals surface area contributed by atoms with Gasteiger partial charge in [0.1, 0.15) is 25.4 Å². The summed E-state index contributed by atoms with van der Waals surface area (Å²) in [6.07, 6.45) is 3.33. The molecule has 0 aliphatic rings. The van der Waals surface area contributed by atoms with Crippen LogP contribution in [0.5, 0.6) is 11.5 Å². The van der Waals surface area contributed by atoms with Crippen LogP contribution in [0, 0.1) is 6.92 Å². The van der Waals surface area contributed by atoms with E-state index in [9.17, 15) is 0 Å². The zero-order valence-corrected chi connectivity index (χ0v) is 19.7. The summed E-state index contributed by atoms with van der Waals surface area (Å²) < 4.78 is 23.7. The van der Waals surface area contributed by atoms with E-state index in [1.54, 1.807) is 26.7 Å². The highest BCUT2D eigenvalue weighted by Gasteiger charge is 2.12. The van der Waals surface area contributed by atoms with Gasteiger partial charge in [0, 0.05) is 20.8 Å². The van der Waals surface area contributed by atoms with Crippen LogP contribution in [0.3, 0.4) is 0 Å². The highest BCUT2D eigenvalue weighted by atomic mass is 16.5. The molecule has 0 radical (unpaired) electrons. The van der Waals surface area contributed by atoms with Gasteiger partial charge < -0.3 is 24.3 Å². The lowest BCUT2D eigenvalue weighted by Gasteiger charge is -2.14. The van der Waals surface area contributed by atoms with Crippen molar-refractivity contribution in [3.8, 4) is 17.2 Å². The van der Waals surface area contributed by atoms with Crippen LogP contribution in [0.2, 0.25) is 0 Å². The molecule has 0 bridgehead atoms. The molecule has 0 spiro atoms. The molecule has 1 N–H and O–H groups in total. The summed E-state index contributed by atoms with van der Waals surface area (Å²) in [7, 11) is 3.28. The summed E-state index contributed by atoms with van der Waals surface area (Å²) >= 11 is 0. The van der Waals surface area contributed by atoms with Crippen LogP contribution in [0.25, 0.3) is 16.7 Å². The zero-order valence-electron chi connectivity index (χ0n) is 19.7. The normalized spacial score (nSPS) is 11.0. The van der Waals surface area contributed by atoms with Crippen molar-refractivity contribution >= 4 is 16.9 Å². The van der Waals surface area contributed by atoms with E-state index in [1.807, 2.05) is 35.0 Å². The Morgan fingerprint density at radius 2 is 1.68 bits per heavy atom. The maximum Gasteiger partial charge on any atom is 0.168 e. The molecule has 178 valence electrons. The van der Waals surface area contributed by atoms with E-state index >= 15 is 0 Å². The van der Waals surface area contributed by atoms with Gasteiger partial charge in [-0.3, -0.25) is 0 Å². The average Bonchev–Trinajstić information content (AvgIpc) is 3.29. The molecule has 0 amide bonds. The van der Waals surface area contributed by atoms with Crippen LogP contribution in [0.15, 0.2) is 55.0 Å². The summed E-state index contributed by atoms with van der Waals surface area (Å²) in [4.78, 5) is 8.89. The fourth-order valence-electron chi connectivity index (χ4n) is 3.48. The minimum Gasteiger partial charge on any atom is -0.487 e. The number of benzene rings is 2. The third kappa shape index (κ3) is 5.62. The van der Waals surface area contributed by atoms with E-state index in [2.05, 4.69) is 39.4 Å². The van der Waals surface area contributed by atoms with Gasteiger partial charge in [0.05, 0.1) is 30.5 Å². The predicted octanol–water partition coefficient (Wildman–Crippen LogP) is 3.79. The minimum absolute atomic E-state index is 0.429. The Balaban J connectivity index is 1.52. The highest BCUT2D eigenvalue weighted by molar-refractivity contribution is 5.87. The first kappa shape index (κ1) is 23.5. The molecule has 0 saturated heterocycles. The molecular formula is C25H29N5O4. The molecular weight excluding hydrogens is 434 g/mol. The lowest BCUT2D eigenvalue weighted by molar-refractivity contribution is 0.132. The largest absolute Gasteiger partial charge is 0.487 e. The molecule has 9 nitrogen and oxygen atoms in total. The molecule has 2 heterocycles. The van der Waals surface area contributed by atoms with Gasteiger partial charge in [-0.25, -0.2) is 14.6 Å². The summed E-state index contributed by atoms with van der Waals surface area (Å²) in [5, 5.41) is 8.79. The molecule has 0 aliphatic carbocycles. The second-order valence-electron chi connectivity index (χ2n) is 7.67. The van der Waals surface area contributed by atoms with Crippen molar-refractivity contribution < 1.29 is 18.9 Å². The van der Waals surface area contributed by atoms with Crippen LogP contribution < -0.4 is 14.8 Å². The van der Waals surface area contributed by atoms with Crippen molar-refractivity contribution in [1.82, 2.24) is 19.7 Å². The summed E-state index contributed by atoms with van der Waals surface area (Å²) in [5.41, 5.74) is 3.88. The van der Waals surface area contributed by atoms with Gasteiger partial charge in [0.25, 0.3) is 0 Å². The zero-order chi connectivity index (χ0) is 23.8. The molecule has 0 fully saturated rings. The lowest BCUT2D eigenvalue weighted by Crippen LogP contribution is -2.09. The second kappa shape index (κ2) is 11.4. The molecule has 34 heavy (non-hydrogen) atoms. The Labute approximate surface area is 198 Å². The molecule has 0 saturated carbocycles. The van der Waals surface area contributed by atoms with Gasteiger partial charge in [-0.1, -0.05) is 18.2 Å². The van der Waals surface area contributed by atoms with Gasteiger partial charge in [0.15, 0.2) is 17.1 Å². The van der Waals surface area contributed by atoms with Gasteiger partial charge in [-0.05, 0) is 42.3 Å². The number of anilines is 1. The Bertz CT molecular complexity index is 1230. The van der Waals surface area contributed by atoms with Gasteiger partial charge in [-0.2, -0.15) is 5.10 Å². The number of ether oxygens (including phenoxy) is 4. The number of aryl methyl sites for hydroxylation is 1. The summed E-state index contributed by atoms with van der Waals surface area (Å²) in [6, 6.07) is 14.0. The van der Waals surface area contributed by atoms with Gasteiger partial charge in [0.2, 0.25) is 0 Å². The number of fused-ring (bicyclic) bond motifs is 1. The third-order valence-corrected chi connectivity index (χ3v) is 5.17. The Morgan fingerprint density at radius 3 is 2.44 bits per heavy atom. The van der Waals surface area contributed by atoms with Gasteiger partial charge >= 0.3 is 0 Å². The van der Waals surface area contributed by atoms with Crippen molar-refractivity contribution in [1.29, 1.82) is 0 Å². The maximum absolute atomic E-state index is 5.88. The average molecular weight is 464 g/mol. The summed E-state index contributed by atoms with van der Waals surface area (Å²) in [5.74, 6) is 2.04. The maximum atomic E-state index is 5.88.